The smallest absolute Gasteiger partial charge is 0.320 e. The number of benzene rings is 3. The van der Waals surface area contributed by atoms with Crippen LogP contribution in [-0.4, -0.2) is 59.9 Å². The molecule has 1 aliphatic rings. The number of aromatic nitrogens is 1. The number of methoxy groups -OCH3 is 1. The summed E-state index contributed by atoms with van der Waals surface area (Å²) in [6.07, 6.45) is 3.09. The Hall–Kier alpha value is -4.95. The van der Waals surface area contributed by atoms with Gasteiger partial charge in [0.15, 0.2) is 23.1 Å². The van der Waals surface area contributed by atoms with Crippen molar-refractivity contribution < 1.29 is 42.5 Å². The van der Waals surface area contributed by atoms with E-state index in [2.05, 4.69) is 33.6 Å². The van der Waals surface area contributed by atoms with Gasteiger partial charge >= 0.3 is 5.97 Å². The van der Waals surface area contributed by atoms with Crippen molar-refractivity contribution in [3.63, 3.8) is 0 Å². The largest absolute Gasteiger partial charge is 0.493 e. The van der Waals surface area contributed by atoms with Gasteiger partial charge in [-0.25, -0.2) is 8.78 Å². The SMILES string of the molecule is COc1cc2c(Oc3ccc(NC(=O)C4(C(=O)Nc5ccc(F)cc5)CC4)cc3F)ccnc2cc1OCCCN[C@@H](CCS)C(=O)O. The second-order valence-corrected chi connectivity index (χ2v) is 11.6. The number of ether oxygens (including phenoxy) is 3. The summed E-state index contributed by atoms with van der Waals surface area (Å²) < 4.78 is 45.8. The van der Waals surface area contributed by atoms with Crippen LogP contribution in [0.15, 0.2) is 66.9 Å². The second kappa shape index (κ2) is 15.3. The van der Waals surface area contributed by atoms with Gasteiger partial charge in [0, 0.05) is 35.1 Å². The average Bonchev–Trinajstić information content (AvgIpc) is 3.89. The molecule has 0 aliphatic heterocycles. The maximum Gasteiger partial charge on any atom is 0.320 e. The Balaban J connectivity index is 1.22. The van der Waals surface area contributed by atoms with Gasteiger partial charge in [-0.1, -0.05) is 0 Å². The molecule has 1 heterocycles. The molecular formula is C34H34F2N4O7S. The molecule has 3 aromatic carbocycles. The molecule has 1 aromatic heterocycles. The van der Waals surface area contributed by atoms with Gasteiger partial charge in [-0.3, -0.25) is 19.4 Å². The number of fused-ring (bicyclic) bond motifs is 1. The van der Waals surface area contributed by atoms with Crippen LogP contribution >= 0.6 is 12.6 Å². The third kappa shape index (κ3) is 8.12. The van der Waals surface area contributed by atoms with Gasteiger partial charge in [0.2, 0.25) is 11.8 Å². The molecule has 0 saturated heterocycles. The fourth-order valence-electron chi connectivity index (χ4n) is 4.96. The highest BCUT2D eigenvalue weighted by molar-refractivity contribution is 7.80. The number of pyridine rings is 1. The molecule has 4 aromatic rings. The number of thiol groups is 1. The summed E-state index contributed by atoms with van der Waals surface area (Å²) in [5, 5.41) is 18.0. The van der Waals surface area contributed by atoms with E-state index in [0.29, 0.717) is 71.8 Å². The van der Waals surface area contributed by atoms with Gasteiger partial charge in [-0.2, -0.15) is 12.6 Å². The zero-order chi connectivity index (χ0) is 34.3. The van der Waals surface area contributed by atoms with Crippen molar-refractivity contribution in [2.24, 2.45) is 5.41 Å². The van der Waals surface area contributed by atoms with Crippen LogP contribution in [0.2, 0.25) is 0 Å². The Kier molecular flexibility index (Phi) is 11.0. The first-order chi connectivity index (χ1) is 23.1. The standard InChI is InChI=1S/C34H34F2N4O7S/c1-45-29-18-23-26(19-30(29)46-15-2-13-37-25(10-16-48)31(41)42)38-14-9-27(23)47-28-8-7-22(17-24(28)36)40-33(44)34(11-12-34)32(43)39-21-5-3-20(35)4-6-21/h3-9,14,17-19,25,37,48H,2,10-13,15-16H2,1H3,(H,39,43)(H,40,44)(H,41,42)/t25-/m0/s1. The lowest BCUT2D eigenvalue weighted by atomic mass is 10.0. The van der Waals surface area contributed by atoms with Crippen molar-refractivity contribution in [1.82, 2.24) is 10.3 Å². The van der Waals surface area contributed by atoms with E-state index < -0.39 is 40.9 Å². The lowest BCUT2D eigenvalue weighted by Gasteiger charge is -2.16. The minimum atomic E-state index is -1.30. The van der Waals surface area contributed by atoms with Crippen molar-refractivity contribution in [2.45, 2.75) is 31.7 Å². The summed E-state index contributed by atoms with van der Waals surface area (Å²) in [6.45, 7) is 0.713. The number of rotatable bonds is 16. The molecule has 5 rings (SSSR count). The minimum Gasteiger partial charge on any atom is -0.493 e. The number of anilines is 2. The number of nitrogens with zero attached hydrogens (tertiary/aromatic N) is 1. The summed E-state index contributed by atoms with van der Waals surface area (Å²) in [7, 11) is 1.48. The van der Waals surface area contributed by atoms with Crippen LogP contribution in [-0.2, 0) is 14.4 Å². The number of hydrogen-bond acceptors (Lipinski definition) is 9. The van der Waals surface area contributed by atoms with Crippen LogP contribution < -0.4 is 30.2 Å². The highest BCUT2D eigenvalue weighted by Gasteiger charge is 2.56. The molecule has 0 unspecified atom stereocenters. The van der Waals surface area contributed by atoms with Gasteiger partial charge < -0.3 is 35.3 Å². The molecule has 1 fully saturated rings. The summed E-state index contributed by atoms with van der Waals surface area (Å²) in [5.41, 5.74) is -0.300. The Morgan fingerprint density at radius 2 is 1.65 bits per heavy atom. The molecule has 0 radical (unpaired) electrons. The van der Waals surface area contributed by atoms with Crippen LogP contribution in [0.1, 0.15) is 25.7 Å². The normalized spacial score (nSPS) is 13.8. The molecule has 1 aliphatic carbocycles. The fraction of sp³-hybridized carbons (Fsp3) is 0.294. The van der Waals surface area contributed by atoms with Crippen molar-refractivity contribution in [3.8, 4) is 23.0 Å². The van der Waals surface area contributed by atoms with E-state index in [4.69, 9.17) is 14.2 Å². The maximum atomic E-state index is 15.2. The van der Waals surface area contributed by atoms with Crippen LogP contribution in [0.5, 0.6) is 23.0 Å². The zero-order valence-corrected chi connectivity index (χ0v) is 26.8. The molecule has 14 heteroatoms. The predicted molar refractivity (Wildman–Crippen MR) is 178 cm³/mol. The number of carboxylic acids is 1. The predicted octanol–water partition coefficient (Wildman–Crippen LogP) is 5.80. The van der Waals surface area contributed by atoms with Gasteiger partial charge in [-0.15, -0.1) is 0 Å². The summed E-state index contributed by atoms with van der Waals surface area (Å²) in [6, 6.07) is 13.4. The Bertz CT molecular complexity index is 1800. The van der Waals surface area contributed by atoms with E-state index in [1.165, 1.54) is 49.7 Å². The van der Waals surface area contributed by atoms with Crippen molar-refractivity contribution >= 4 is 52.7 Å². The van der Waals surface area contributed by atoms with Gasteiger partial charge in [0.25, 0.3) is 0 Å². The molecule has 48 heavy (non-hydrogen) atoms. The summed E-state index contributed by atoms with van der Waals surface area (Å²) in [5.74, 6) is -1.78. The van der Waals surface area contributed by atoms with E-state index in [0.717, 1.165) is 6.07 Å². The Morgan fingerprint density at radius 3 is 2.29 bits per heavy atom. The molecule has 252 valence electrons. The zero-order valence-electron chi connectivity index (χ0n) is 25.9. The average molecular weight is 681 g/mol. The molecule has 0 spiro atoms. The van der Waals surface area contributed by atoms with Crippen LogP contribution in [0.25, 0.3) is 10.9 Å². The van der Waals surface area contributed by atoms with E-state index >= 15 is 4.39 Å². The topological polar surface area (TPSA) is 148 Å². The molecule has 0 bridgehead atoms. The third-order valence-electron chi connectivity index (χ3n) is 7.80. The second-order valence-electron chi connectivity index (χ2n) is 11.1. The number of nitrogens with one attached hydrogen (secondary N) is 3. The highest BCUT2D eigenvalue weighted by Crippen LogP contribution is 2.47. The van der Waals surface area contributed by atoms with E-state index in [1.807, 2.05) is 0 Å². The minimum absolute atomic E-state index is 0.111. The monoisotopic (exact) mass is 680 g/mol. The van der Waals surface area contributed by atoms with Gasteiger partial charge in [0.1, 0.15) is 23.0 Å². The van der Waals surface area contributed by atoms with Crippen LogP contribution in [0.3, 0.4) is 0 Å². The quantitative estimate of drug-likeness (QED) is 0.0563. The summed E-state index contributed by atoms with van der Waals surface area (Å²) >= 11 is 4.09. The number of amides is 2. The first-order valence-electron chi connectivity index (χ1n) is 15.2. The highest BCUT2D eigenvalue weighted by atomic mass is 32.1. The lowest BCUT2D eigenvalue weighted by molar-refractivity contribution is -0.139. The first-order valence-corrected chi connectivity index (χ1v) is 15.8. The molecule has 4 N–H and O–H groups in total. The number of hydrogen-bond donors (Lipinski definition) is 5. The number of halogens is 2. The molecule has 1 saturated carbocycles. The van der Waals surface area contributed by atoms with Gasteiger partial charge in [0.05, 0.1) is 19.2 Å². The van der Waals surface area contributed by atoms with Gasteiger partial charge in [-0.05, 0) is 86.5 Å². The number of aliphatic carboxylic acids is 1. The van der Waals surface area contributed by atoms with E-state index in [-0.39, 0.29) is 18.0 Å². The van der Waals surface area contributed by atoms with Crippen LogP contribution in [0.4, 0.5) is 20.2 Å². The van der Waals surface area contributed by atoms with Crippen molar-refractivity contribution in [3.05, 3.63) is 78.5 Å². The van der Waals surface area contributed by atoms with Crippen molar-refractivity contribution in [1.29, 1.82) is 0 Å². The fourth-order valence-corrected chi connectivity index (χ4v) is 5.22. The number of carbonyl (C=O) groups is 3. The van der Waals surface area contributed by atoms with E-state index in [1.54, 1.807) is 18.2 Å². The molecule has 1 atom stereocenters. The number of carboxylic acid groups (broad SMARTS) is 1. The number of carbonyl (C=O) groups excluding carboxylic acids is 2. The third-order valence-corrected chi connectivity index (χ3v) is 8.06. The van der Waals surface area contributed by atoms with Crippen molar-refractivity contribution in [2.75, 3.05) is 36.6 Å². The first kappa shape index (κ1) is 34.4. The Labute approximate surface area is 280 Å². The summed E-state index contributed by atoms with van der Waals surface area (Å²) in [4.78, 5) is 41.6. The molecular weight excluding hydrogens is 646 g/mol. The Morgan fingerprint density at radius 1 is 0.938 bits per heavy atom. The lowest BCUT2D eigenvalue weighted by Crippen LogP contribution is -2.38. The van der Waals surface area contributed by atoms with Crippen LogP contribution in [0, 0.1) is 17.0 Å². The molecule has 2 amide bonds. The molecule has 11 nitrogen and oxygen atoms in total. The van der Waals surface area contributed by atoms with E-state index in [9.17, 15) is 23.9 Å². The maximum absolute atomic E-state index is 15.2.